The van der Waals surface area contributed by atoms with E-state index in [1.165, 1.54) is 36.0 Å². The molecule has 128 valence electrons. The molecule has 0 radical (unpaired) electrons. The van der Waals surface area contributed by atoms with Crippen LogP contribution in [0.3, 0.4) is 0 Å². The van der Waals surface area contributed by atoms with Crippen LogP contribution in [0.2, 0.25) is 0 Å². The highest BCUT2D eigenvalue weighted by Crippen LogP contribution is 2.35. The highest BCUT2D eigenvalue weighted by Gasteiger charge is 2.24. The molecule has 0 saturated carbocycles. The van der Waals surface area contributed by atoms with Crippen LogP contribution in [-0.4, -0.2) is 20.7 Å². The lowest BCUT2D eigenvalue weighted by Crippen LogP contribution is -2.19. The second-order valence-corrected chi connectivity index (χ2v) is 6.38. The van der Waals surface area contributed by atoms with Gasteiger partial charge < -0.3 is 9.88 Å². The molecule has 0 spiro atoms. The molecule has 1 amide bonds. The summed E-state index contributed by atoms with van der Waals surface area (Å²) in [4.78, 5) is 12.8. The van der Waals surface area contributed by atoms with Gasteiger partial charge >= 0.3 is 0 Å². The predicted molar refractivity (Wildman–Crippen MR) is 95.8 cm³/mol. The molecule has 7 heteroatoms. The van der Waals surface area contributed by atoms with E-state index in [2.05, 4.69) is 15.5 Å². The molecule has 3 aromatic rings. The summed E-state index contributed by atoms with van der Waals surface area (Å²) in [7, 11) is 0. The molecule has 0 aliphatic carbocycles. The number of nitrogens with one attached hydrogen (secondary N) is 1. The largest absolute Gasteiger partial charge is 0.325 e. The van der Waals surface area contributed by atoms with E-state index in [4.69, 9.17) is 0 Å². The summed E-state index contributed by atoms with van der Waals surface area (Å²) in [5, 5.41) is 11.0. The summed E-state index contributed by atoms with van der Waals surface area (Å²) in [6, 6.07) is 15.2. The zero-order chi connectivity index (χ0) is 17.6. The van der Waals surface area contributed by atoms with Crippen molar-refractivity contribution in [2.75, 3.05) is 5.32 Å². The Labute approximate surface area is 149 Å². The number of halogens is 1. The van der Waals surface area contributed by atoms with Gasteiger partial charge in [-0.2, -0.15) is 0 Å². The molecule has 0 fully saturated rings. The van der Waals surface area contributed by atoms with Crippen LogP contribution in [0.4, 0.5) is 10.1 Å². The summed E-state index contributed by atoms with van der Waals surface area (Å²) in [6.07, 6.45) is 1.64. The van der Waals surface area contributed by atoms with Gasteiger partial charge in [-0.1, -0.05) is 42.1 Å². The Hall–Kier alpha value is -2.67. The number of nitrogens with zero attached hydrogens (tertiary/aromatic N) is 3. The standard InChI is InChI=1S/C18H17FN4OS/c1-2-23-12-20-22-18(23)25-16(13-6-4-3-5-7-13)17(24)21-15-10-8-14(19)9-11-15/h3-12,16H,2H2,1H3,(H,21,24)/t16-/m1/s1. The fourth-order valence-corrected chi connectivity index (χ4v) is 3.38. The minimum absolute atomic E-state index is 0.200. The van der Waals surface area contributed by atoms with E-state index in [9.17, 15) is 9.18 Å². The minimum atomic E-state index is -0.499. The van der Waals surface area contributed by atoms with Crippen molar-refractivity contribution in [1.29, 1.82) is 0 Å². The SMILES string of the molecule is CCn1cnnc1S[C@@H](C(=O)Nc1ccc(F)cc1)c1ccccc1. The van der Waals surface area contributed by atoms with Crippen LogP contribution in [0.15, 0.2) is 66.1 Å². The van der Waals surface area contributed by atoms with Gasteiger partial charge in [-0.3, -0.25) is 4.79 Å². The molecular weight excluding hydrogens is 339 g/mol. The fourth-order valence-electron chi connectivity index (χ4n) is 2.30. The Bertz CT molecular complexity index is 836. The quantitative estimate of drug-likeness (QED) is 0.680. The molecule has 25 heavy (non-hydrogen) atoms. The van der Waals surface area contributed by atoms with E-state index < -0.39 is 5.25 Å². The summed E-state index contributed by atoms with van der Waals surface area (Å²) in [5.74, 6) is -0.545. The van der Waals surface area contributed by atoms with E-state index in [0.717, 1.165) is 12.1 Å². The zero-order valence-electron chi connectivity index (χ0n) is 13.6. The summed E-state index contributed by atoms with van der Waals surface area (Å²) < 4.78 is 14.9. The number of hydrogen-bond donors (Lipinski definition) is 1. The molecule has 0 bridgehead atoms. The van der Waals surface area contributed by atoms with Crippen molar-refractivity contribution in [3.05, 3.63) is 72.3 Å². The van der Waals surface area contributed by atoms with Crippen molar-refractivity contribution >= 4 is 23.4 Å². The third-order valence-electron chi connectivity index (χ3n) is 3.60. The number of rotatable bonds is 6. The smallest absolute Gasteiger partial charge is 0.242 e. The van der Waals surface area contributed by atoms with Crippen molar-refractivity contribution in [1.82, 2.24) is 14.8 Å². The van der Waals surface area contributed by atoms with Gasteiger partial charge in [-0.15, -0.1) is 10.2 Å². The fraction of sp³-hybridized carbons (Fsp3) is 0.167. The first kappa shape index (κ1) is 17.2. The molecule has 2 aromatic carbocycles. The van der Waals surface area contributed by atoms with Crippen LogP contribution < -0.4 is 5.32 Å². The van der Waals surface area contributed by atoms with Crippen LogP contribution in [0.5, 0.6) is 0 Å². The van der Waals surface area contributed by atoms with E-state index in [-0.39, 0.29) is 11.7 Å². The molecule has 0 aliphatic heterocycles. The first-order chi connectivity index (χ1) is 12.2. The van der Waals surface area contributed by atoms with Crippen LogP contribution in [0.25, 0.3) is 0 Å². The average molecular weight is 356 g/mol. The third kappa shape index (κ3) is 4.24. The van der Waals surface area contributed by atoms with E-state index in [1.54, 1.807) is 6.33 Å². The van der Waals surface area contributed by atoms with Gasteiger partial charge in [0.2, 0.25) is 5.91 Å². The Kier molecular flexibility index (Phi) is 5.45. The lowest BCUT2D eigenvalue weighted by atomic mass is 10.1. The van der Waals surface area contributed by atoms with E-state index in [1.807, 2.05) is 41.8 Å². The molecule has 1 atom stereocenters. The molecule has 1 aromatic heterocycles. The van der Waals surface area contributed by atoms with Crippen molar-refractivity contribution < 1.29 is 9.18 Å². The highest BCUT2D eigenvalue weighted by atomic mass is 32.2. The normalized spacial score (nSPS) is 11.9. The zero-order valence-corrected chi connectivity index (χ0v) is 14.4. The van der Waals surface area contributed by atoms with Gasteiger partial charge in [0.05, 0.1) is 0 Å². The monoisotopic (exact) mass is 356 g/mol. The maximum absolute atomic E-state index is 13.0. The van der Waals surface area contributed by atoms with E-state index >= 15 is 0 Å². The maximum atomic E-state index is 13.0. The lowest BCUT2D eigenvalue weighted by molar-refractivity contribution is -0.115. The molecular formula is C18H17FN4OS. The molecule has 1 heterocycles. The lowest BCUT2D eigenvalue weighted by Gasteiger charge is -2.16. The third-order valence-corrected chi connectivity index (χ3v) is 4.85. The number of benzene rings is 2. The van der Waals surface area contributed by atoms with Crippen LogP contribution in [-0.2, 0) is 11.3 Å². The van der Waals surface area contributed by atoms with Crippen molar-refractivity contribution in [2.45, 2.75) is 23.9 Å². The van der Waals surface area contributed by atoms with Gasteiger partial charge in [-0.05, 0) is 36.8 Å². The number of anilines is 1. The first-order valence-corrected chi connectivity index (χ1v) is 8.71. The molecule has 1 N–H and O–H groups in total. The number of amides is 1. The second kappa shape index (κ2) is 7.94. The summed E-state index contributed by atoms with van der Waals surface area (Å²) in [5.41, 5.74) is 1.41. The Morgan fingerprint density at radius 2 is 1.92 bits per heavy atom. The average Bonchev–Trinajstić information content (AvgIpc) is 3.09. The van der Waals surface area contributed by atoms with Crippen LogP contribution in [0.1, 0.15) is 17.7 Å². The topological polar surface area (TPSA) is 59.8 Å². The number of carbonyl (C=O) groups is 1. The molecule has 3 rings (SSSR count). The second-order valence-electron chi connectivity index (χ2n) is 5.30. The molecule has 0 aliphatic rings. The molecule has 5 nitrogen and oxygen atoms in total. The number of aromatic nitrogens is 3. The first-order valence-electron chi connectivity index (χ1n) is 7.83. The number of carbonyl (C=O) groups excluding carboxylic acids is 1. The number of aryl methyl sites for hydroxylation is 1. The Morgan fingerprint density at radius 3 is 2.60 bits per heavy atom. The molecule has 0 unspecified atom stereocenters. The maximum Gasteiger partial charge on any atom is 0.242 e. The van der Waals surface area contributed by atoms with Gasteiger partial charge in [0.15, 0.2) is 5.16 Å². The molecule has 0 saturated heterocycles. The predicted octanol–water partition coefficient (Wildman–Crippen LogP) is 3.91. The summed E-state index contributed by atoms with van der Waals surface area (Å²) in [6.45, 7) is 2.71. The van der Waals surface area contributed by atoms with E-state index in [0.29, 0.717) is 10.8 Å². The van der Waals surface area contributed by atoms with Crippen molar-refractivity contribution in [3.63, 3.8) is 0 Å². The highest BCUT2D eigenvalue weighted by molar-refractivity contribution is 8.00. The Balaban J connectivity index is 1.85. The van der Waals surface area contributed by atoms with Gasteiger partial charge in [0, 0.05) is 12.2 Å². The summed E-state index contributed by atoms with van der Waals surface area (Å²) >= 11 is 1.33. The van der Waals surface area contributed by atoms with Gasteiger partial charge in [-0.25, -0.2) is 4.39 Å². The van der Waals surface area contributed by atoms with Crippen LogP contribution >= 0.6 is 11.8 Å². The number of thioether (sulfide) groups is 1. The van der Waals surface area contributed by atoms with Gasteiger partial charge in [0.25, 0.3) is 0 Å². The Morgan fingerprint density at radius 1 is 1.20 bits per heavy atom. The minimum Gasteiger partial charge on any atom is -0.325 e. The number of hydrogen-bond acceptors (Lipinski definition) is 4. The van der Waals surface area contributed by atoms with Crippen molar-refractivity contribution in [3.8, 4) is 0 Å². The van der Waals surface area contributed by atoms with Crippen molar-refractivity contribution in [2.24, 2.45) is 0 Å². The van der Waals surface area contributed by atoms with Gasteiger partial charge in [0.1, 0.15) is 17.4 Å². The van der Waals surface area contributed by atoms with Crippen LogP contribution in [0, 0.1) is 5.82 Å².